The normalized spacial score (nSPS) is 13.7. The molecule has 1 unspecified atom stereocenters. The van der Waals surface area contributed by atoms with Gasteiger partial charge in [0.1, 0.15) is 17.4 Å². The van der Waals surface area contributed by atoms with Crippen LogP contribution >= 0.6 is 0 Å². The van der Waals surface area contributed by atoms with Crippen molar-refractivity contribution in [1.82, 2.24) is 19.7 Å². The minimum atomic E-state index is -3.30. The number of sulfone groups is 1. The van der Waals surface area contributed by atoms with E-state index in [0.717, 1.165) is 0 Å². The van der Waals surface area contributed by atoms with Gasteiger partial charge in [-0.3, -0.25) is 4.68 Å². The van der Waals surface area contributed by atoms with Crippen LogP contribution in [-0.2, 0) is 9.84 Å². The number of imidazole rings is 1. The van der Waals surface area contributed by atoms with E-state index in [1.54, 1.807) is 23.0 Å². The van der Waals surface area contributed by atoms with Gasteiger partial charge in [0.05, 0.1) is 10.4 Å². The minimum absolute atomic E-state index is 0.0928. The van der Waals surface area contributed by atoms with Crippen molar-refractivity contribution >= 4 is 20.9 Å². The highest BCUT2D eigenvalue weighted by molar-refractivity contribution is 7.91. The summed E-state index contributed by atoms with van der Waals surface area (Å²) in [5.74, 6) is 0.680. The molecule has 3 aromatic rings. The predicted molar refractivity (Wildman–Crippen MR) is 75.2 cm³/mol. The molecule has 20 heavy (non-hydrogen) atoms. The molecule has 0 aliphatic rings. The highest BCUT2D eigenvalue weighted by atomic mass is 32.2. The standard InChI is InChI=1S/C13H14N4O2S/c1-9(17-8-4-7-14-17)13-15-10-5-3-6-11(12(10)16-13)20(2,18)19/h3-9H,1-2H3,(H,15,16). The van der Waals surface area contributed by atoms with Crippen molar-refractivity contribution in [2.24, 2.45) is 0 Å². The smallest absolute Gasteiger partial charge is 0.177 e. The minimum Gasteiger partial charge on any atom is -0.340 e. The first kappa shape index (κ1) is 12.9. The van der Waals surface area contributed by atoms with E-state index in [4.69, 9.17) is 0 Å². The summed E-state index contributed by atoms with van der Waals surface area (Å²) in [6.45, 7) is 1.95. The Morgan fingerprint density at radius 3 is 2.75 bits per heavy atom. The number of aromatic nitrogens is 4. The summed E-state index contributed by atoms with van der Waals surface area (Å²) >= 11 is 0. The average molecular weight is 290 g/mol. The molecule has 2 heterocycles. The zero-order chi connectivity index (χ0) is 14.3. The molecule has 0 fully saturated rings. The van der Waals surface area contributed by atoms with Crippen molar-refractivity contribution in [3.8, 4) is 0 Å². The predicted octanol–water partition coefficient (Wildman–Crippen LogP) is 1.77. The van der Waals surface area contributed by atoms with E-state index in [1.165, 1.54) is 6.26 Å². The summed E-state index contributed by atoms with van der Waals surface area (Å²) in [6, 6.07) is 6.84. The molecule has 0 aliphatic heterocycles. The lowest BCUT2D eigenvalue weighted by molar-refractivity contribution is 0.542. The van der Waals surface area contributed by atoms with E-state index in [0.29, 0.717) is 16.9 Å². The van der Waals surface area contributed by atoms with Crippen molar-refractivity contribution < 1.29 is 8.42 Å². The number of para-hydroxylation sites is 1. The molecule has 0 bridgehead atoms. The van der Waals surface area contributed by atoms with E-state index in [1.807, 2.05) is 25.3 Å². The van der Waals surface area contributed by atoms with Gasteiger partial charge in [0.25, 0.3) is 0 Å². The molecule has 0 radical (unpaired) electrons. The molecule has 0 aliphatic carbocycles. The SMILES string of the molecule is CC(c1nc2c(S(C)(=O)=O)cccc2[nH]1)n1cccn1. The van der Waals surface area contributed by atoms with E-state index < -0.39 is 9.84 Å². The summed E-state index contributed by atoms with van der Waals surface area (Å²) in [5, 5.41) is 4.17. The molecule has 6 nitrogen and oxygen atoms in total. The Bertz CT molecular complexity index is 850. The second-order valence-corrected chi connectivity index (χ2v) is 6.69. The Hall–Kier alpha value is -2.15. The van der Waals surface area contributed by atoms with Gasteiger partial charge < -0.3 is 4.98 Å². The average Bonchev–Trinajstić information content (AvgIpc) is 3.05. The van der Waals surface area contributed by atoms with Crippen LogP contribution < -0.4 is 0 Å². The van der Waals surface area contributed by atoms with E-state index in [-0.39, 0.29) is 10.9 Å². The number of rotatable bonds is 3. The summed E-state index contributed by atoms with van der Waals surface area (Å²) in [7, 11) is -3.30. The quantitative estimate of drug-likeness (QED) is 0.797. The molecule has 7 heteroatoms. The Morgan fingerprint density at radius 2 is 2.10 bits per heavy atom. The largest absolute Gasteiger partial charge is 0.340 e. The van der Waals surface area contributed by atoms with Crippen LogP contribution in [0.5, 0.6) is 0 Å². The number of H-pyrrole nitrogens is 1. The van der Waals surface area contributed by atoms with E-state index in [9.17, 15) is 8.42 Å². The second kappa shape index (κ2) is 4.45. The zero-order valence-electron chi connectivity index (χ0n) is 11.1. The summed E-state index contributed by atoms with van der Waals surface area (Å²) in [4.78, 5) is 7.84. The molecule has 0 spiro atoms. The van der Waals surface area contributed by atoms with Crippen LogP contribution in [-0.4, -0.2) is 34.4 Å². The maximum Gasteiger partial charge on any atom is 0.177 e. The first-order chi connectivity index (χ1) is 9.47. The van der Waals surface area contributed by atoms with Crippen molar-refractivity contribution in [1.29, 1.82) is 0 Å². The van der Waals surface area contributed by atoms with Crippen molar-refractivity contribution in [2.75, 3.05) is 6.26 Å². The van der Waals surface area contributed by atoms with Crippen LogP contribution in [0.15, 0.2) is 41.6 Å². The number of fused-ring (bicyclic) bond motifs is 1. The maximum atomic E-state index is 11.8. The Morgan fingerprint density at radius 1 is 1.30 bits per heavy atom. The number of hydrogen-bond donors (Lipinski definition) is 1. The van der Waals surface area contributed by atoms with Gasteiger partial charge in [-0.25, -0.2) is 13.4 Å². The molecule has 1 N–H and O–H groups in total. The highest BCUT2D eigenvalue weighted by Gasteiger charge is 2.18. The zero-order valence-corrected chi connectivity index (χ0v) is 11.9. The Kier molecular flexibility index (Phi) is 2.86. The van der Waals surface area contributed by atoms with Crippen LogP contribution in [0, 0.1) is 0 Å². The summed E-state index contributed by atoms with van der Waals surface area (Å²) in [6.07, 6.45) is 4.73. The van der Waals surface area contributed by atoms with Crippen molar-refractivity contribution in [3.05, 3.63) is 42.5 Å². The van der Waals surface area contributed by atoms with Gasteiger partial charge in [0.2, 0.25) is 0 Å². The van der Waals surface area contributed by atoms with Crippen LogP contribution in [0.4, 0.5) is 0 Å². The van der Waals surface area contributed by atoms with Gasteiger partial charge >= 0.3 is 0 Å². The molecule has 0 saturated carbocycles. The van der Waals surface area contributed by atoms with Gasteiger partial charge in [0, 0.05) is 18.6 Å². The van der Waals surface area contributed by atoms with Crippen molar-refractivity contribution in [3.63, 3.8) is 0 Å². The third kappa shape index (κ3) is 2.09. The number of aromatic amines is 1. The molecule has 1 atom stereocenters. The summed E-state index contributed by atoms with van der Waals surface area (Å²) in [5.41, 5.74) is 1.19. The van der Waals surface area contributed by atoms with Crippen LogP contribution in [0.2, 0.25) is 0 Å². The third-order valence-electron chi connectivity index (χ3n) is 3.21. The fourth-order valence-corrected chi connectivity index (χ4v) is 2.99. The van der Waals surface area contributed by atoms with Crippen LogP contribution in [0.25, 0.3) is 11.0 Å². The van der Waals surface area contributed by atoms with Gasteiger partial charge in [-0.15, -0.1) is 0 Å². The molecule has 3 rings (SSSR count). The first-order valence-corrected chi connectivity index (χ1v) is 8.04. The van der Waals surface area contributed by atoms with Crippen molar-refractivity contribution in [2.45, 2.75) is 17.9 Å². The topological polar surface area (TPSA) is 80.6 Å². The van der Waals surface area contributed by atoms with Crippen LogP contribution in [0.3, 0.4) is 0 Å². The van der Waals surface area contributed by atoms with E-state index in [2.05, 4.69) is 15.1 Å². The lowest BCUT2D eigenvalue weighted by atomic mass is 10.3. The van der Waals surface area contributed by atoms with Gasteiger partial charge in [-0.1, -0.05) is 6.07 Å². The molecule has 2 aromatic heterocycles. The molecule has 0 saturated heterocycles. The second-order valence-electron chi connectivity index (χ2n) is 4.71. The fraction of sp³-hybridized carbons (Fsp3) is 0.231. The Balaban J connectivity index is 2.17. The number of nitrogens with one attached hydrogen (secondary N) is 1. The number of nitrogens with zero attached hydrogens (tertiary/aromatic N) is 3. The highest BCUT2D eigenvalue weighted by Crippen LogP contribution is 2.24. The number of hydrogen-bond acceptors (Lipinski definition) is 4. The molecule has 104 valence electrons. The van der Waals surface area contributed by atoms with Gasteiger partial charge in [-0.2, -0.15) is 5.10 Å². The van der Waals surface area contributed by atoms with E-state index >= 15 is 0 Å². The monoisotopic (exact) mass is 290 g/mol. The lowest BCUT2D eigenvalue weighted by Crippen LogP contribution is -2.08. The van der Waals surface area contributed by atoms with Crippen LogP contribution in [0.1, 0.15) is 18.8 Å². The summed E-state index contributed by atoms with van der Waals surface area (Å²) < 4.78 is 25.3. The first-order valence-electron chi connectivity index (χ1n) is 6.14. The number of benzene rings is 1. The fourth-order valence-electron chi connectivity index (χ4n) is 2.16. The molecule has 0 amide bonds. The molecular weight excluding hydrogens is 276 g/mol. The third-order valence-corrected chi connectivity index (χ3v) is 4.34. The molecular formula is C13H14N4O2S. The Labute approximate surface area is 116 Å². The molecule has 1 aromatic carbocycles. The van der Waals surface area contributed by atoms with Gasteiger partial charge in [0.15, 0.2) is 9.84 Å². The maximum absolute atomic E-state index is 11.8. The lowest BCUT2D eigenvalue weighted by Gasteiger charge is -2.08. The van der Waals surface area contributed by atoms with Gasteiger partial charge in [-0.05, 0) is 25.1 Å².